The molecule has 3 aromatic rings. The number of allylic oxidation sites excluding steroid dienone is 1. The molecule has 1 saturated carbocycles. The molecule has 1 aromatic heterocycles. The van der Waals surface area contributed by atoms with Crippen molar-refractivity contribution < 1.29 is 18.7 Å². The molecule has 0 radical (unpaired) electrons. The van der Waals surface area contributed by atoms with Gasteiger partial charge in [-0.05, 0) is 67.3 Å². The molecule has 202 valence electrons. The van der Waals surface area contributed by atoms with Gasteiger partial charge in [-0.1, -0.05) is 48.0 Å². The number of carbonyl (C=O) groups is 1. The van der Waals surface area contributed by atoms with Crippen molar-refractivity contribution in [2.45, 2.75) is 38.3 Å². The molecule has 39 heavy (non-hydrogen) atoms. The molecule has 2 aromatic carbocycles. The van der Waals surface area contributed by atoms with Crippen LogP contribution < -0.4 is 10.1 Å². The normalized spacial score (nSPS) is 20.7. The van der Waals surface area contributed by atoms with Crippen molar-refractivity contribution in [3.63, 3.8) is 0 Å². The maximum atomic E-state index is 13.7. The van der Waals surface area contributed by atoms with Gasteiger partial charge in [-0.15, -0.1) is 0 Å². The summed E-state index contributed by atoms with van der Waals surface area (Å²) in [6.45, 7) is 5.47. The number of likely N-dealkylation sites (tertiary alicyclic amines) is 1. The number of hydrogen-bond donors (Lipinski definition) is 1. The summed E-state index contributed by atoms with van der Waals surface area (Å²) in [6.07, 6.45) is 2.97. The fourth-order valence-corrected chi connectivity index (χ4v) is 6.22. The van der Waals surface area contributed by atoms with Crippen LogP contribution in [0, 0.1) is 11.2 Å². The Morgan fingerprint density at radius 1 is 1.08 bits per heavy atom. The quantitative estimate of drug-likeness (QED) is 0.445. The SMILES string of the molecule is C[C@@H](NC(=O)c1cccc(OC2CCOC2)n1)c1ccc(C(=C2CC3(C2)CN(C)C3)c2ccc(F)cc2)cc1. The molecule has 2 atom stereocenters. The maximum Gasteiger partial charge on any atom is 0.270 e. The van der Waals surface area contributed by atoms with Gasteiger partial charge in [0.05, 0.1) is 19.3 Å². The van der Waals surface area contributed by atoms with Crippen molar-refractivity contribution >= 4 is 11.5 Å². The summed E-state index contributed by atoms with van der Waals surface area (Å²) in [5.41, 5.74) is 6.52. The highest BCUT2D eigenvalue weighted by molar-refractivity contribution is 5.92. The molecule has 1 N–H and O–H groups in total. The highest BCUT2D eigenvalue weighted by atomic mass is 19.1. The first-order chi connectivity index (χ1) is 18.9. The van der Waals surface area contributed by atoms with Crippen LogP contribution in [0.25, 0.3) is 5.57 Å². The first-order valence-electron chi connectivity index (χ1n) is 13.7. The molecule has 1 unspecified atom stereocenters. The van der Waals surface area contributed by atoms with Crippen molar-refractivity contribution in [1.29, 1.82) is 0 Å². The summed E-state index contributed by atoms with van der Waals surface area (Å²) in [5, 5.41) is 3.06. The number of amides is 1. The zero-order valence-electron chi connectivity index (χ0n) is 22.5. The van der Waals surface area contributed by atoms with Crippen molar-refractivity contribution in [3.05, 3.63) is 101 Å². The van der Waals surface area contributed by atoms with Crippen LogP contribution in [-0.2, 0) is 4.74 Å². The molecular weight excluding hydrogens is 493 g/mol. The number of carbonyl (C=O) groups excluding carboxylic acids is 1. The van der Waals surface area contributed by atoms with Crippen molar-refractivity contribution in [2.24, 2.45) is 5.41 Å². The van der Waals surface area contributed by atoms with Gasteiger partial charge in [-0.2, -0.15) is 0 Å². The van der Waals surface area contributed by atoms with Crippen molar-refractivity contribution in [2.75, 3.05) is 33.4 Å². The lowest BCUT2D eigenvalue weighted by molar-refractivity contribution is -0.0106. The van der Waals surface area contributed by atoms with Crippen LogP contribution in [0.1, 0.15) is 59.4 Å². The van der Waals surface area contributed by atoms with E-state index < -0.39 is 0 Å². The molecule has 1 amide bonds. The molecule has 6 rings (SSSR count). The minimum absolute atomic E-state index is 0.0245. The number of nitrogens with one attached hydrogen (secondary N) is 1. The van der Waals surface area contributed by atoms with E-state index in [2.05, 4.69) is 46.5 Å². The van der Waals surface area contributed by atoms with Gasteiger partial charge in [-0.25, -0.2) is 9.37 Å². The first kappa shape index (κ1) is 25.7. The lowest BCUT2D eigenvalue weighted by Crippen LogP contribution is -2.58. The van der Waals surface area contributed by atoms with Gasteiger partial charge in [0.1, 0.15) is 17.6 Å². The second kappa shape index (κ2) is 10.5. The highest BCUT2D eigenvalue weighted by Gasteiger charge is 2.49. The van der Waals surface area contributed by atoms with Gasteiger partial charge < -0.3 is 19.7 Å². The summed E-state index contributed by atoms with van der Waals surface area (Å²) in [4.78, 5) is 19.7. The molecule has 2 saturated heterocycles. The average molecular weight is 528 g/mol. The lowest BCUT2D eigenvalue weighted by Gasteiger charge is -2.56. The molecule has 0 bridgehead atoms. The Hall–Kier alpha value is -3.55. The molecule has 3 fully saturated rings. The largest absolute Gasteiger partial charge is 0.472 e. The van der Waals surface area contributed by atoms with Crippen LogP contribution in [0.2, 0.25) is 0 Å². The van der Waals surface area contributed by atoms with Gasteiger partial charge in [-0.3, -0.25) is 4.79 Å². The number of halogens is 1. The van der Waals surface area contributed by atoms with Crippen LogP contribution in [0.3, 0.4) is 0 Å². The molecule has 6 nitrogen and oxygen atoms in total. The van der Waals surface area contributed by atoms with E-state index in [1.807, 2.05) is 19.1 Å². The van der Waals surface area contributed by atoms with E-state index in [-0.39, 0.29) is 23.9 Å². The third kappa shape index (κ3) is 5.47. The number of pyridine rings is 1. The molecule has 1 aliphatic carbocycles. The van der Waals surface area contributed by atoms with Crippen molar-refractivity contribution in [3.8, 4) is 5.88 Å². The number of rotatable bonds is 7. The predicted octanol–water partition coefficient (Wildman–Crippen LogP) is 5.41. The third-order valence-corrected chi connectivity index (χ3v) is 8.05. The van der Waals surface area contributed by atoms with E-state index in [1.54, 1.807) is 18.2 Å². The Labute approximate surface area is 228 Å². The third-order valence-electron chi connectivity index (χ3n) is 8.05. The topological polar surface area (TPSA) is 63.7 Å². The fraction of sp³-hybridized carbons (Fsp3) is 0.375. The fourth-order valence-electron chi connectivity index (χ4n) is 6.22. The van der Waals surface area contributed by atoms with Gasteiger partial charge in [0.2, 0.25) is 5.88 Å². The van der Waals surface area contributed by atoms with Crippen LogP contribution in [0.5, 0.6) is 5.88 Å². The van der Waals surface area contributed by atoms with E-state index in [0.717, 1.165) is 49.0 Å². The highest BCUT2D eigenvalue weighted by Crippen LogP contribution is 2.54. The maximum absolute atomic E-state index is 13.7. The van der Waals surface area contributed by atoms with Crippen LogP contribution in [0.15, 0.2) is 72.3 Å². The first-order valence-corrected chi connectivity index (χ1v) is 13.7. The van der Waals surface area contributed by atoms with Crippen molar-refractivity contribution in [1.82, 2.24) is 15.2 Å². The molecular formula is C32H34FN3O3. The molecule has 7 heteroatoms. The number of hydrogen-bond acceptors (Lipinski definition) is 5. The Bertz CT molecular complexity index is 1360. The minimum atomic E-state index is -0.251. The summed E-state index contributed by atoms with van der Waals surface area (Å²) >= 11 is 0. The monoisotopic (exact) mass is 527 g/mol. The predicted molar refractivity (Wildman–Crippen MR) is 148 cm³/mol. The zero-order valence-corrected chi connectivity index (χ0v) is 22.5. The smallest absolute Gasteiger partial charge is 0.270 e. The van der Waals surface area contributed by atoms with E-state index in [4.69, 9.17) is 9.47 Å². The summed E-state index contributed by atoms with van der Waals surface area (Å²) < 4.78 is 24.9. The molecule has 3 aliphatic rings. The summed E-state index contributed by atoms with van der Waals surface area (Å²) in [7, 11) is 2.17. The van der Waals surface area contributed by atoms with E-state index >= 15 is 0 Å². The lowest BCUT2D eigenvalue weighted by atomic mass is 9.59. The average Bonchev–Trinajstić information content (AvgIpc) is 3.41. The number of benzene rings is 2. The van der Waals surface area contributed by atoms with Gasteiger partial charge in [0.25, 0.3) is 5.91 Å². The second-order valence-electron chi connectivity index (χ2n) is 11.3. The van der Waals surface area contributed by atoms with E-state index in [1.165, 1.54) is 23.3 Å². The Morgan fingerprint density at radius 3 is 2.41 bits per heavy atom. The van der Waals surface area contributed by atoms with Crippen LogP contribution >= 0.6 is 0 Å². The van der Waals surface area contributed by atoms with E-state index in [0.29, 0.717) is 30.2 Å². The Balaban J connectivity index is 1.16. The van der Waals surface area contributed by atoms with E-state index in [9.17, 15) is 9.18 Å². The standard InChI is InChI=1S/C32H34FN3O3/c1-21(34-31(37)28-4-3-5-29(35-28)39-27-14-15-38-18-27)22-6-8-23(9-7-22)30(24-10-12-26(33)13-11-24)25-16-32(17-25)19-36(2)20-32/h3-13,21,27H,14-20H2,1-2H3,(H,34,37)/t21-,27?/m1/s1. The van der Waals surface area contributed by atoms with Gasteiger partial charge in [0, 0.05) is 31.0 Å². The number of ether oxygens (including phenoxy) is 2. The number of nitrogens with zero attached hydrogens (tertiary/aromatic N) is 2. The zero-order chi connectivity index (χ0) is 27.0. The molecule has 1 spiro atoms. The van der Waals surface area contributed by atoms with Crippen LogP contribution in [-0.4, -0.2) is 55.2 Å². The minimum Gasteiger partial charge on any atom is -0.472 e. The summed E-state index contributed by atoms with van der Waals surface area (Å²) in [6, 6.07) is 20.2. The molecule has 2 aliphatic heterocycles. The molecule has 3 heterocycles. The van der Waals surface area contributed by atoms with Gasteiger partial charge >= 0.3 is 0 Å². The number of aromatic nitrogens is 1. The summed E-state index contributed by atoms with van der Waals surface area (Å²) in [5.74, 6) is -0.0465. The Morgan fingerprint density at radius 2 is 1.77 bits per heavy atom. The van der Waals surface area contributed by atoms with Crippen LogP contribution in [0.4, 0.5) is 4.39 Å². The van der Waals surface area contributed by atoms with Gasteiger partial charge in [0.15, 0.2) is 0 Å². The Kier molecular flexibility index (Phi) is 6.95. The second-order valence-corrected chi connectivity index (χ2v) is 11.3.